The van der Waals surface area contributed by atoms with Crippen molar-refractivity contribution in [2.45, 2.75) is 296 Å². The number of hydrogen-bond acceptors (Lipinski definition) is 14. The van der Waals surface area contributed by atoms with Crippen molar-refractivity contribution in [1.29, 1.82) is 0 Å². The third-order valence-corrected chi connectivity index (χ3v) is 23.5. The molecule has 0 saturated heterocycles. The van der Waals surface area contributed by atoms with Gasteiger partial charge in [-0.2, -0.15) is 0 Å². The highest BCUT2D eigenvalue weighted by Gasteiger charge is 2.61. The van der Waals surface area contributed by atoms with Crippen molar-refractivity contribution in [3.8, 4) is 34.5 Å². The van der Waals surface area contributed by atoms with Crippen LogP contribution in [0.15, 0.2) is 146 Å². The van der Waals surface area contributed by atoms with Gasteiger partial charge >= 0.3 is 23.9 Å². The summed E-state index contributed by atoms with van der Waals surface area (Å²) < 4.78 is 44.7. The van der Waals surface area contributed by atoms with Gasteiger partial charge in [0.15, 0.2) is 12.6 Å². The molecular weight excluding hydrogens is 1370 g/mol. The molecule has 14 nitrogen and oxygen atoms in total. The summed E-state index contributed by atoms with van der Waals surface area (Å²) in [6.07, 6.45) is 16.7. The lowest BCUT2D eigenvalue weighted by Gasteiger charge is -2.62. The third-order valence-electron chi connectivity index (χ3n) is 23.5. The Morgan fingerprint density at radius 3 is 1.00 bits per heavy atom. The van der Waals surface area contributed by atoms with Crippen LogP contribution in [0.2, 0.25) is 0 Å². The van der Waals surface area contributed by atoms with Crippen LogP contribution >= 0.6 is 0 Å². The SMILES string of the molecule is CCC(C)(C)C(=O)OC1(C(C)C)C2CC3CC(C2)CC1C3.CCC(C)(C)C(=O)OC1(C(C)C)CCCC1.CCC(C)c1ccc(C(=O)Oc2ccc(O)cc2)cc1.CCC(C)c1ccc(O)cc1.CCOC(C)Oc1ccc(C(C)CC)cc1.CCOC(C)Oc1ccc(OC(=O)c2ccc(C(C)CC)cc2)cc1. The number of rotatable bonds is 28. The Hall–Kier alpha value is -7.68. The summed E-state index contributed by atoms with van der Waals surface area (Å²) in [7, 11) is 0. The first-order valence-electron chi connectivity index (χ1n) is 41.1. The predicted molar refractivity (Wildman–Crippen MR) is 441 cm³/mol. The van der Waals surface area contributed by atoms with Gasteiger partial charge in [-0.1, -0.05) is 145 Å². The fourth-order valence-corrected chi connectivity index (χ4v) is 14.7. The molecular formula is C95H138O14. The van der Waals surface area contributed by atoms with Gasteiger partial charge in [0.1, 0.15) is 45.7 Å². The molecule has 6 aromatic rings. The topological polar surface area (TPSA) is 183 Å². The summed E-state index contributed by atoms with van der Waals surface area (Å²) in [6.45, 7) is 47.3. The van der Waals surface area contributed by atoms with Crippen molar-refractivity contribution in [3.05, 3.63) is 179 Å². The number of ether oxygens (including phenoxy) is 8. The predicted octanol–water partition coefficient (Wildman–Crippen LogP) is 24.9. The first kappa shape index (κ1) is 91.9. The molecule has 602 valence electrons. The summed E-state index contributed by atoms with van der Waals surface area (Å²) in [4.78, 5) is 49.1. The Morgan fingerprint density at radius 2 is 0.688 bits per heavy atom. The summed E-state index contributed by atoms with van der Waals surface area (Å²) in [5.74, 6) is 8.25. The monoisotopic (exact) mass is 1500 g/mol. The molecule has 0 aromatic heterocycles. The summed E-state index contributed by atoms with van der Waals surface area (Å²) >= 11 is 0. The standard InChI is InChI=1S/C21H26O4.C19H32O2.C17H18O3.C14H26O2.C14H22O2.C10H14O/c1-5-15(3)17-7-9-18(10-8-17)21(22)25-20-13-11-19(12-14-20)24-16(4)23-6-2;1-6-18(4,5)17(20)21-19(12(2)3)15-8-13-7-14(10-15)11-16(19)9-13;1-3-12(2)13-4-6-14(7-5-13)17(19)20-16-10-8-15(18)9-11-16;1-6-13(4,5)12(15)16-14(11(2)3)9-7-8-10-14;1-5-11(3)13-7-9-14(10-8-13)16-12(4)15-6-2;1-3-8(2)9-4-6-10(11)7-5-9/h7-16H,5-6H2,1-4H3;12-16H,6-11H2,1-5H3;4-12,18H,3H2,1-2H3;11H,6-10H2,1-5H3;7-12H,5-6H2,1-4H3;4-8,11H,3H2,1-2H3. The molecule has 4 bridgehead atoms. The highest BCUT2D eigenvalue weighted by atomic mass is 16.7. The second kappa shape index (κ2) is 44.4. The lowest BCUT2D eigenvalue weighted by Crippen LogP contribution is -2.63. The molecule has 5 saturated carbocycles. The number of hydrogen-bond donors (Lipinski definition) is 2. The van der Waals surface area contributed by atoms with E-state index in [4.69, 9.17) is 43.0 Å². The van der Waals surface area contributed by atoms with Gasteiger partial charge in [-0.25, -0.2) is 9.59 Å². The number of benzene rings is 6. The molecule has 2 N–H and O–H groups in total. The first-order valence-corrected chi connectivity index (χ1v) is 41.1. The zero-order valence-corrected chi connectivity index (χ0v) is 70.6. The largest absolute Gasteiger partial charge is 0.508 e. The van der Waals surface area contributed by atoms with Gasteiger partial charge in [0.25, 0.3) is 0 Å². The van der Waals surface area contributed by atoms with E-state index in [1.807, 2.05) is 123 Å². The maximum Gasteiger partial charge on any atom is 0.343 e. The van der Waals surface area contributed by atoms with Gasteiger partial charge in [-0.15, -0.1) is 0 Å². The molecule has 11 rings (SSSR count). The molecule has 6 unspecified atom stereocenters. The van der Waals surface area contributed by atoms with E-state index in [0.29, 0.717) is 94.7 Å². The minimum Gasteiger partial charge on any atom is -0.508 e. The molecule has 5 fully saturated rings. The van der Waals surface area contributed by atoms with Crippen LogP contribution in [-0.2, 0) is 28.5 Å². The Bertz CT molecular complexity index is 3580. The number of carbonyl (C=O) groups excluding carboxylic acids is 4. The number of esters is 4. The molecule has 0 aliphatic heterocycles. The van der Waals surface area contributed by atoms with E-state index in [9.17, 15) is 24.3 Å². The Morgan fingerprint density at radius 1 is 0.394 bits per heavy atom. The molecule has 0 radical (unpaired) electrons. The Labute approximate surface area is 656 Å². The molecule has 5 aliphatic carbocycles. The minimum atomic E-state index is -0.397. The fraction of sp³-hybridized carbons (Fsp3) is 0.579. The zero-order chi connectivity index (χ0) is 80.8. The molecule has 6 atom stereocenters. The highest BCUT2D eigenvalue weighted by molar-refractivity contribution is 5.91. The van der Waals surface area contributed by atoms with Crippen molar-refractivity contribution in [2.24, 2.45) is 46.3 Å². The Kier molecular flexibility index (Phi) is 37.4. The quantitative estimate of drug-likeness (QED) is 0.0269. The smallest absolute Gasteiger partial charge is 0.343 e. The van der Waals surface area contributed by atoms with E-state index in [0.717, 1.165) is 69.0 Å². The average Bonchev–Trinajstić information content (AvgIpc) is 1.07. The lowest BCUT2D eigenvalue weighted by molar-refractivity contribution is -0.231. The second-order valence-corrected chi connectivity index (χ2v) is 32.7. The lowest BCUT2D eigenvalue weighted by atomic mass is 9.47. The van der Waals surface area contributed by atoms with Gasteiger partial charge in [-0.05, 0) is 330 Å². The third kappa shape index (κ3) is 27.6. The average molecular weight is 1500 g/mol. The van der Waals surface area contributed by atoms with Crippen LogP contribution in [0.4, 0.5) is 0 Å². The normalized spacial score (nSPS) is 19.6. The molecule has 5 aliphatic rings. The van der Waals surface area contributed by atoms with Crippen LogP contribution in [0.1, 0.15) is 315 Å². The Balaban J connectivity index is 0.000000238. The van der Waals surface area contributed by atoms with E-state index < -0.39 is 5.97 Å². The van der Waals surface area contributed by atoms with E-state index in [1.54, 1.807) is 60.7 Å². The molecule has 0 spiro atoms. The summed E-state index contributed by atoms with van der Waals surface area (Å²) in [6, 6.07) is 43.8. The molecule has 0 heterocycles. The highest BCUT2D eigenvalue weighted by Crippen LogP contribution is 2.62. The van der Waals surface area contributed by atoms with Gasteiger partial charge in [-0.3, -0.25) is 9.59 Å². The van der Waals surface area contributed by atoms with E-state index in [2.05, 4.69) is 102 Å². The molecule has 14 heteroatoms. The molecule has 6 aromatic carbocycles. The molecule has 0 amide bonds. The zero-order valence-electron chi connectivity index (χ0n) is 70.6. The van der Waals surface area contributed by atoms with E-state index >= 15 is 0 Å². The fourth-order valence-electron chi connectivity index (χ4n) is 14.7. The maximum absolute atomic E-state index is 12.8. The molecule has 109 heavy (non-hydrogen) atoms. The van der Waals surface area contributed by atoms with Crippen molar-refractivity contribution < 1.29 is 67.3 Å². The van der Waals surface area contributed by atoms with Crippen LogP contribution in [0.5, 0.6) is 34.5 Å². The van der Waals surface area contributed by atoms with Crippen LogP contribution in [0.3, 0.4) is 0 Å². The van der Waals surface area contributed by atoms with Crippen LogP contribution in [0.25, 0.3) is 0 Å². The van der Waals surface area contributed by atoms with Gasteiger partial charge in [0.05, 0.1) is 22.0 Å². The van der Waals surface area contributed by atoms with Crippen LogP contribution in [-0.4, -0.2) is 71.1 Å². The van der Waals surface area contributed by atoms with Crippen molar-refractivity contribution in [1.82, 2.24) is 0 Å². The summed E-state index contributed by atoms with van der Waals surface area (Å²) in [5, 5.41) is 18.2. The van der Waals surface area contributed by atoms with Crippen LogP contribution < -0.4 is 18.9 Å². The van der Waals surface area contributed by atoms with E-state index in [1.165, 1.54) is 79.3 Å². The number of aromatic hydroxyl groups is 2. The minimum absolute atomic E-state index is 0.0226. The van der Waals surface area contributed by atoms with Crippen molar-refractivity contribution >= 4 is 23.9 Å². The van der Waals surface area contributed by atoms with Gasteiger partial charge in [0, 0.05) is 13.2 Å². The second-order valence-electron chi connectivity index (χ2n) is 32.7. The number of phenolic OH excluding ortho intramolecular Hbond substituents is 2. The van der Waals surface area contributed by atoms with Crippen molar-refractivity contribution in [3.63, 3.8) is 0 Å². The first-order chi connectivity index (χ1) is 51.7. The maximum atomic E-state index is 12.8. The summed E-state index contributed by atoms with van der Waals surface area (Å²) in [5.41, 5.74) is 5.12. The number of phenols is 2. The van der Waals surface area contributed by atoms with Gasteiger partial charge in [0.2, 0.25) is 0 Å². The van der Waals surface area contributed by atoms with E-state index in [-0.39, 0.29) is 58.3 Å². The van der Waals surface area contributed by atoms with Crippen LogP contribution in [0, 0.1) is 46.3 Å². The van der Waals surface area contributed by atoms with Crippen molar-refractivity contribution in [2.75, 3.05) is 13.2 Å². The number of carbonyl (C=O) groups is 4. The van der Waals surface area contributed by atoms with Gasteiger partial charge < -0.3 is 48.1 Å².